The molecule has 0 saturated carbocycles. The van der Waals surface area contributed by atoms with Gasteiger partial charge in [0, 0.05) is 60.4 Å². The highest BCUT2D eigenvalue weighted by Crippen LogP contribution is 2.46. The molecule has 2 unspecified atom stereocenters. The molecule has 2 heterocycles. The zero-order chi connectivity index (χ0) is 36.3. The molecule has 7 nitrogen and oxygen atoms in total. The Morgan fingerprint density at radius 1 is 0.846 bits per heavy atom. The highest BCUT2D eigenvalue weighted by molar-refractivity contribution is 6.30. The summed E-state index contributed by atoms with van der Waals surface area (Å²) in [6.07, 6.45) is -5.11. The van der Waals surface area contributed by atoms with E-state index in [9.17, 15) is 18.3 Å². The van der Waals surface area contributed by atoms with E-state index in [4.69, 9.17) is 27.9 Å². The molecular weight excluding hydrogens is 736 g/mol. The topological polar surface area (TPSA) is 77.1 Å². The lowest BCUT2D eigenvalue weighted by atomic mass is 9.88. The van der Waals surface area contributed by atoms with Crippen molar-refractivity contribution in [2.24, 2.45) is 0 Å². The average Bonchev–Trinajstić information content (AvgIpc) is 3.51. The van der Waals surface area contributed by atoms with Crippen LogP contribution in [-0.2, 0) is 18.4 Å². The van der Waals surface area contributed by atoms with Crippen molar-refractivity contribution in [3.8, 4) is 5.75 Å². The lowest BCUT2D eigenvalue weighted by molar-refractivity contribution is -0.137. The number of nitrogens with one attached hydrogen (secondary N) is 2. The molecule has 4 aromatic carbocycles. The molecule has 0 spiro atoms. The summed E-state index contributed by atoms with van der Waals surface area (Å²) in [6.45, 7) is 8.42. The molecule has 0 radical (unpaired) electrons. The third kappa shape index (κ3) is 8.94. The zero-order valence-electron chi connectivity index (χ0n) is 28.8. The number of rotatable bonds is 11. The van der Waals surface area contributed by atoms with Gasteiger partial charge in [-0.25, -0.2) is 0 Å². The smallest absolute Gasteiger partial charge is 0.416 e. The van der Waals surface area contributed by atoms with Gasteiger partial charge < -0.3 is 9.84 Å². The van der Waals surface area contributed by atoms with Crippen LogP contribution in [0.25, 0.3) is 0 Å². The van der Waals surface area contributed by atoms with E-state index in [0.717, 1.165) is 55.0 Å². The maximum Gasteiger partial charge on any atom is 0.416 e. The van der Waals surface area contributed by atoms with Crippen LogP contribution >= 0.6 is 35.6 Å². The monoisotopic (exact) mass is 776 g/mol. The minimum absolute atomic E-state index is 0. The Kier molecular flexibility index (Phi) is 13.0. The molecule has 2 fully saturated rings. The Hall–Kier alpha value is -3.19. The summed E-state index contributed by atoms with van der Waals surface area (Å²) in [6, 6.07) is 24.1. The van der Waals surface area contributed by atoms with Crippen LogP contribution in [-0.4, -0.2) is 66.1 Å². The van der Waals surface area contributed by atoms with E-state index in [-0.39, 0.29) is 36.1 Å². The van der Waals surface area contributed by atoms with Crippen molar-refractivity contribution in [2.75, 3.05) is 39.3 Å². The van der Waals surface area contributed by atoms with Gasteiger partial charge in [0.15, 0.2) is 5.66 Å². The number of hydrogen-bond acceptors (Lipinski definition) is 7. The number of aliphatic hydroxyl groups excluding tert-OH is 1. The normalized spacial score (nSPS) is 21.2. The highest BCUT2D eigenvalue weighted by atomic mass is 35.5. The van der Waals surface area contributed by atoms with E-state index in [1.165, 1.54) is 6.07 Å². The quantitative estimate of drug-likeness (QED) is 0.133. The molecule has 52 heavy (non-hydrogen) atoms. The van der Waals surface area contributed by atoms with Crippen LogP contribution in [0.15, 0.2) is 91.0 Å². The maximum atomic E-state index is 15.1. The lowest BCUT2D eigenvalue weighted by Crippen LogP contribution is -2.53. The summed E-state index contributed by atoms with van der Waals surface area (Å²) in [7, 11) is 0. The molecule has 0 aromatic heterocycles. The fourth-order valence-electron chi connectivity index (χ4n) is 6.88. The number of aliphatic hydroxyl groups is 1. The van der Waals surface area contributed by atoms with Gasteiger partial charge in [0.2, 0.25) is 5.78 Å². The second kappa shape index (κ2) is 16.9. The SMILES string of the molecule is CC(C)Oc1cc(C(F)(F)F)ccc1C1(C(=O)c2ccc(CN3CCN(CCO)CC3)cc2)NC(c2ccc(Cl)cc2)C(c2ccc(Cl)cc2)N1.Cl. The fourth-order valence-corrected chi connectivity index (χ4v) is 7.14. The van der Waals surface area contributed by atoms with E-state index in [1.807, 2.05) is 36.4 Å². The van der Waals surface area contributed by atoms with Crippen LogP contribution < -0.4 is 15.4 Å². The highest BCUT2D eigenvalue weighted by Gasteiger charge is 2.53. The first kappa shape index (κ1) is 40.0. The molecule has 278 valence electrons. The molecular formula is C39H42Cl3F3N4O3. The van der Waals surface area contributed by atoms with Crippen LogP contribution in [0.1, 0.15) is 64.1 Å². The van der Waals surface area contributed by atoms with Gasteiger partial charge in [-0.2, -0.15) is 13.2 Å². The summed E-state index contributed by atoms with van der Waals surface area (Å²) in [5, 5.41) is 17.5. The second-order valence-corrected chi connectivity index (χ2v) is 14.2. The summed E-state index contributed by atoms with van der Waals surface area (Å²) >= 11 is 12.5. The summed E-state index contributed by atoms with van der Waals surface area (Å²) in [4.78, 5) is 19.6. The molecule has 0 amide bonds. The number of β-amino-alcohol motifs (C(OH)–C–C–N with tert-alkyl or cyclic N) is 1. The summed E-state index contributed by atoms with van der Waals surface area (Å²) in [5.41, 5.74) is 0.659. The van der Waals surface area contributed by atoms with Crippen molar-refractivity contribution in [1.29, 1.82) is 0 Å². The molecule has 2 aliphatic rings. The Bertz CT molecular complexity index is 1750. The van der Waals surface area contributed by atoms with Crippen LogP contribution in [0.4, 0.5) is 13.2 Å². The van der Waals surface area contributed by atoms with Gasteiger partial charge in [-0.3, -0.25) is 25.2 Å². The first-order chi connectivity index (χ1) is 24.4. The molecule has 4 aromatic rings. The van der Waals surface area contributed by atoms with E-state index >= 15 is 4.79 Å². The van der Waals surface area contributed by atoms with Gasteiger partial charge in [0.1, 0.15) is 5.75 Å². The van der Waals surface area contributed by atoms with Gasteiger partial charge in [-0.05, 0) is 66.9 Å². The maximum absolute atomic E-state index is 15.1. The summed E-state index contributed by atoms with van der Waals surface area (Å²) in [5.74, 6) is -0.438. The minimum Gasteiger partial charge on any atom is -0.491 e. The standard InChI is InChI=1S/C39H41Cl2F3N4O3.ClH/c1-25(2)51-34-23-30(39(42,43)44)11-16-33(34)38(37(50)29-5-3-26(4-6-29)24-48-19-17-47(18-20-48)21-22-49)45-35(27-7-12-31(40)13-8-27)36(46-38)28-9-14-32(41)15-10-28;/h3-16,23,25,35-36,45-46,49H,17-22,24H2,1-2H3;1H. The van der Waals surface area contributed by atoms with Crippen molar-refractivity contribution in [1.82, 2.24) is 20.4 Å². The van der Waals surface area contributed by atoms with Crippen molar-refractivity contribution in [3.63, 3.8) is 0 Å². The van der Waals surface area contributed by atoms with Gasteiger partial charge in [-0.1, -0.05) is 77.8 Å². The van der Waals surface area contributed by atoms with E-state index in [0.29, 0.717) is 28.7 Å². The van der Waals surface area contributed by atoms with Gasteiger partial charge in [0.25, 0.3) is 0 Å². The van der Waals surface area contributed by atoms with Crippen LogP contribution in [0, 0.1) is 0 Å². The number of ketones is 1. The molecule has 2 atom stereocenters. The number of carbonyl (C=O) groups excluding carboxylic acids is 1. The van der Waals surface area contributed by atoms with E-state index < -0.39 is 35.6 Å². The molecule has 3 N–H and O–H groups in total. The first-order valence-corrected chi connectivity index (χ1v) is 17.8. The number of Topliss-reactive ketones (excluding diaryl/α,β-unsaturated/α-hetero) is 1. The van der Waals surface area contributed by atoms with Gasteiger partial charge >= 0.3 is 6.18 Å². The molecule has 13 heteroatoms. The Balaban J connectivity index is 0.00000523. The minimum atomic E-state index is -4.62. The number of carbonyl (C=O) groups is 1. The Labute approximate surface area is 318 Å². The van der Waals surface area contributed by atoms with Crippen LogP contribution in [0.2, 0.25) is 10.0 Å². The van der Waals surface area contributed by atoms with Crippen LogP contribution in [0.5, 0.6) is 5.75 Å². The number of benzene rings is 4. The number of halogens is 6. The van der Waals surface area contributed by atoms with Gasteiger partial charge in [0.05, 0.1) is 30.4 Å². The molecule has 0 bridgehead atoms. The molecule has 6 rings (SSSR count). The number of alkyl halides is 3. The number of nitrogens with zero attached hydrogens (tertiary/aromatic N) is 2. The molecule has 2 aliphatic heterocycles. The largest absolute Gasteiger partial charge is 0.491 e. The predicted octanol–water partition coefficient (Wildman–Crippen LogP) is 8.04. The predicted molar refractivity (Wildman–Crippen MR) is 200 cm³/mol. The third-order valence-corrected chi connectivity index (χ3v) is 9.96. The number of hydrogen-bond donors (Lipinski definition) is 3. The average molecular weight is 778 g/mol. The van der Waals surface area contributed by atoms with Crippen molar-refractivity contribution >= 4 is 41.4 Å². The van der Waals surface area contributed by atoms with E-state index in [1.54, 1.807) is 50.2 Å². The Morgan fingerprint density at radius 3 is 1.85 bits per heavy atom. The second-order valence-electron chi connectivity index (χ2n) is 13.3. The first-order valence-electron chi connectivity index (χ1n) is 17.0. The molecule has 2 saturated heterocycles. The van der Waals surface area contributed by atoms with Crippen molar-refractivity contribution < 1.29 is 27.8 Å². The number of ether oxygens (including phenoxy) is 1. The summed E-state index contributed by atoms with van der Waals surface area (Å²) < 4.78 is 48.2. The Morgan fingerprint density at radius 2 is 1.37 bits per heavy atom. The number of piperazine rings is 1. The molecule has 0 aliphatic carbocycles. The van der Waals surface area contributed by atoms with E-state index in [2.05, 4.69) is 20.4 Å². The lowest BCUT2D eigenvalue weighted by Gasteiger charge is -2.34. The van der Waals surface area contributed by atoms with Crippen molar-refractivity contribution in [2.45, 2.75) is 50.4 Å². The zero-order valence-corrected chi connectivity index (χ0v) is 31.1. The van der Waals surface area contributed by atoms with Gasteiger partial charge in [-0.15, -0.1) is 12.4 Å². The van der Waals surface area contributed by atoms with Crippen molar-refractivity contribution in [3.05, 3.63) is 134 Å². The fraction of sp³-hybridized carbons (Fsp3) is 0.359. The van der Waals surface area contributed by atoms with Crippen LogP contribution in [0.3, 0.4) is 0 Å². The third-order valence-electron chi connectivity index (χ3n) is 9.46.